The highest BCUT2D eigenvalue weighted by Gasteiger charge is 2.36. The molecule has 53 heavy (non-hydrogen) atoms. The molecule has 7 rings (SSSR count). The van der Waals surface area contributed by atoms with E-state index in [1.54, 1.807) is 0 Å². The summed E-state index contributed by atoms with van der Waals surface area (Å²) in [6.07, 6.45) is 0.226. The van der Waals surface area contributed by atoms with Crippen molar-refractivity contribution in [3.63, 3.8) is 0 Å². The standard InChI is InChI=1S/C45H40O8/c1-3-42(48)50-22-21-28(46)25-51-40-24-41(52-26-29(47)27-53-43(49)4-2)39(45-36-19-11-7-15-32(36)33-16-8-12-20-37(33)45)23-38(40)44-34-17-9-5-13-30(34)31-14-6-10-18-35(31)44/h3-20,23-24,28-29,44-47H,1-2,21-22,25-27H2. The van der Waals surface area contributed by atoms with Crippen LogP contribution in [0.1, 0.15) is 51.6 Å². The molecule has 0 saturated heterocycles. The van der Waals surface area contributed by atoms with Gasteiger partial charge in [0.25, 0.3) is 0 Å². The van der Waals surface area contributed by atoms with Gasteiger partial charge in [-0.05, 0) is 50.6 Å². The number of aliphatic hydroxyl groups excluding tert-OH is 2. The van der Waals surface area contributed by atoms with Gasteiger partial charge >= 0.3 is 11.9 Å². The Bertz CT molecular complexity index is 2080. The van der Waals surface area contributed by atoms with Crippen molar-refractivity contribution in [3.8, 4) is 33.8 Å². The van der Waals surface area contributed by atoms with Gasteiger partial charge in [0.15, 0.2) is 0 Å². The first-order valence-corrected chi connectivity index (χ1v) is 17.6. The molecule has 8 heteroatoms. The number of aliphatic hydroxyl groups is 2. The van der Waals surface area contributed by atoms with Crippen LogP contribution >= 0.6 is 0 Å². The Morgan fingerprint density at radius 2 is 0.943 bits per heavy atom. The Morgan fingerprint density at radius 1 is 0.547 bits per heavy atom. The second kappa shape index (κ2) is 15.7. The third-order valence-corrected chi connectivity index (χ3v) is 9.74. The normalized spacial score (nSPS) is 13.8. The predicted molar refractivity (Wildman–Crippen MR) is 202 cm³/mol. The van der Waals surface area contributed by atoms with Crippen LogP contribution in [0.15, 0.2) is 135 Å². The predicted octanol–water partition coefficient (Wildman–Crippen LogP) is 7.34. The summed E-state index contributed by atoms with van der Waals surface area (Å²) in [6, 6.07) is 37.3. The molecule has 5 aromatic rings. The molecule has 0 aromatic heterocycles. The van der Waals surface area contributed by atoms with Crippen LogP contribution in [0.25, 0.3) is 22.3 Å². The summed E-state index contributed by atoms with van der Waals surface area (Å²) in [4.78, 5) is 23.3. The summed E-state index contributed by atoms with van der Waals surface area (Å²) in [7, 11) is 0. The van der Waals surface area contributed by atoms with Gasteiger partial charge in [-0.1, -0.05) is 110 Å². The highest BCUT2D eigenvalue weighted by atomic mass is 16.5. The van der Waals surface area contributed by atoms with Gasteiger partial charge in [-0.15, -0.1) is 0 Å². The van der Waals surface area contributed by atoms with Crippen LogP contribution in [0.2, 0.25) is 0 Å². The molecule has 2 aliphatic rings. The lowest BCUT2D eigenvalue weighted by atomic mass is 9.83. The van der Waals surface area contributed by atoms with Crippen LogP contribution in [0.5, 0.6) is 11.5 Å². The molecule has 0 radical (unpaired) electrons. The number of rotatable bonds is 15. The van der Waals surface area contributed by atoms with Gasteiger partial charge in [0.05, 0.1) is 12.7 Å². The quantitative estimate of drug-likeness (QED) is 0.0842. The molecule has 0 saturated carbocycles. The molecule has 5 aromatic carbocycles. The number of hydrogen-bond acceptors (Lipinski definition) is 8. The van der Waals surface area contributed by atoms with Gasteiger partial charge in [0, 0.05) is 47.6 Å². The third kappa shape index (κ3) is 7.24. The molecule has 2 unspecified atom stereocenters. The maximum Gasteiger partial charge on any atom is 0.330 e. The first kappa shape index (κ1) is 35.4. The minimum Gasteiger partial charge on any atom is -0.490 e. The molecular formula is C45H40O8. The van der Waals surface area contributed by atoms with E-state index in [9.17, 15) is 19.8 Å². The van der Waals surface area contributed by atoms with Crippen LogP contribution in [0.4, 0.5) is 0 Å². The molecule has 0 fully saturated rings. The maximum absolute atomic E-state index is 11.7. The molecule has 2 atom stereocenters. The number of carbonyl (C=O) groups excluding carboxylic acids is 2. The Balaban J connectivity index is 1.36. The van der Waals surface area contributed by atoms with E-state index < -0.39 is 24.1 Å². The van der Waals surface area contributed by atoms with Crippen molar-refractivity contribution < 1.29 is 38.7 Å². The molecule has 2 N–H and O–H groups in total. The van der Waals surface area contributed by atoms with Crippen molar-refractivity contribution in [1.29, 1.82) is 0 Å². The second-order valence-corrected chi connectivity index (χ2v) is 13.1. The molecular weight excluding hydrogens is 668 g/mol. The van der Waals surface area contributed by atoms with Gasteiger partial charge in [-0.3, -0.25) is 0 Å². The third-order valence-electron chi connectivity index (χ3n) is 9.74. The van der Waals surface area contributed by atoms with Gasteiger partial charge in [-0.25, -0.2) is 9.59 Å². The van der Waals surface area contributed by atoms with E-state index in [1.165, 1.54) is 0 Å². The molecule has 2 aliphatic carbocycles. The van der Waals surface area contributed by atoms with Crippen molar-refractivity contribution in [2.75, 3.05) is 26.4 Å². The summed E-state index contributed by atoms with van der Waals surface area (Å²) < 4.78 is 23.1. The van der Waals surface area contributed by atoms with Crippen molar-refractivity contribution in [1.82, 2.24) is 0 Å². The molecule has 0 bridgehead atoms. The first-order valence-electron chi connectivity index (χ1n) is 17.6. The summed E-state index contributed by atoms with van der Waals surface area (Å²) in [6.45, 7) is 6.32. The van der Waals surface area contributed by atoms with Crippen molar-refractivity contribution in [2.45, 2.75) is 30.5 Å². The molecule has 0 aliphatic heterocycles. The molecule has 0 spiro atoms. The van der Waals surface area contributed by atoms with Crippen LogP contribution in [0, 0.1) is 0 Å². The lowest BCUT2D eigenvalue weighted by Gasteiger charge is -2.26. The van der Waals surface area contributed by atoms with Crippen LogP contribution in [-0.4, -0.2) is 60.8 Å². The number of benzene rings is 5. The van der Waals surface area contributed by atoms with Crippen molar-refractivity contribution in [3.05, 3.63) is 168 Å². The Kier molecular flexibility index (Phi) is 10.5. The van der Waals surface area contributed by atoms with Crippen LogP contribution < -0.4 is 9.47 Å². The topological polar surface area (TPSA) is 112 Å². The number of ether oxygens (including phenoxy) is 4. The first-order chi connectivity index (χ1) is 25.9. The van der Waals surface area contributed by atoms with E-state index >= 15 is 0 Å². The van der Waals surface area contributed by atoms with E-state index in [4.69, 9.17) is 18.9 Å². The van der Waals surface area contributed by atoms with Crippen LogP contribution in [-0.2, 0) is 19.1 Å². The van der Waals surface area contributed by atoms with Crippen molar-refractivity contribution >= 4 is 11.9 Å². The summed E-state index contributed by atoms with van der Waals surface area (Å²) in [5, 5.41) is 21.7. The minimum atomic E-state index is -1.12. The van der Waals surface area contributed by atoms with E-state index in [2.05, 4.69) is 67.8 Å². The number of fused-ring (bicyclic) bond motifs is 6. The Hall–Kier alpha value is -5.96. The summed E-state index contributed by atoms with van der Waals surface area (Å²) in [5.74, 6) is -0.644. The average Bonchev–Trinajstić information content (AvgIpc) is 3.71. The average molecular weight is 709 g/mol. The SMILES string of the molecule is C=CC(=O)OCCC(O)COc1cc(OCC(O)COC(=O)C=C)c(C2c3ccccc3-c3ccccc32)cc1C1c2ccccc2-c2ccccc21. The lowest BCUT2D eigenvalue weighted by molar-refractivity contribution is -0.141. The van der Waals surface area contributed by atoms with Gasteiger partial charge in [0.1, 0.15) is 37.4 Å². The largest absolute Gasteiger partial charge is 0.490 e. The molecule has 0 amide bonds. The molecule has 8 nitrogen and oxygen atoms in total. The maximum atomic E-state index is 11.7. The Morgan fingerprint density at radius 3 is 1.38 bits per heavy atom. The van der Waals surface area contributed by atoms with E-state index in [1.807, 2.05) is 54.6 Å². The molecule has 0 heterocycles. The van der Waals surface area contributed by atoms with Gasteiger partial charge in [0.2, 0.25) is 0 Å². The fourth-order valence-electron chi connectivity index (χ4n) is 7.37. The number of hydrogen-bond donors (Lipinski definition) is 2. The van der Waals surface area contributed by atoms with Crippen molar-refractivity contribution in [2.24, 2.45) is 0 Å². The zero-order valence-electron chi connectivity index (χ0n) is 29.2. The monoisotopic (exact) mass is 708 g/mol. The Labute approximate surface area is 308 Å². The number of esters is 2. The zero-order valence-corrected chi connectivity index (χ0v) is 29.2. The van der Waals surface area contributed by atoms with Crippen LogP contribution in [0.3, 0.4) is 0 Å². The van der Waals surface area contributed by atoms with E-state index in [0.717, 1.165) is 67.8 Å². The summed E-state index contributed by atoms with van der Waals surface area (Å²) in [5.41, 5.74) is 10.8. The second-order valence-electron chi connectivity index (χ2n) is 13.1. The fraction of sp³-hybridized carbons (Fsp3) is 0.200. The van der Waals surface area contributed by atoms with E-state index in [-0.39, 0.29) is 44.7 Å². The van der Waals surface area contributed by atoms with Gasteiger partial charge < -0.3 is 29.2 Å². The lowest BCUT2D eigenvalue weighted by Crippen LogP contribution is -2.25. The zero-order chi connectivity index (χ0) is 36.9. The van der Waals surface area contributed by atoms with E-state index in [0.29, 0.717) is 11.5 Å². The minimum absolute atomic E-state index is 0.00766. The highest BCUT2D eigenvalue weighted by Crippen LogP contribution is 2.54. The fourth-order valence-corrected chi connectivity index (χ4v) is 7.37. The smallest absolute Gasteiger partial charge is 0.330 e. The summed E-state index contributed by atoms with van der Waals surface area (Å²) >= 11 is 0. The van der Waals surface area contributed by atoms with Gasteiger partial charge in [-0.2, -0.15) is 0 Å². The highest BCUT2D eigenvalue weighted by molar-refractivity contribution is 5.84. The number of carbonyl (C=O) groups is 2. The molecule has 268 valence electrons.